The number of hydrogen-bond acceptors (Lipinski definition) is 4. The van der Waals surface area contributed by atoms with Gasteiger partial charge in [0.15, 0.2) is 5.69 Å². The van der Waals surface area contributed by atoms with Crippen molar-refractivity contribution in [3.05, 3.63) is 41.8 Å². The van der Waals surface area contributed by atoms with E-state index in [1.165, 1.54) is 38.6 Å². The van der Waals surface area contributed by atoms with Crippen molar-refractivity contribution < 1.29 is 9.21 Å². The maximum atomic E-state index is 12.9. The molecule has 5 heteroatoms. The fourth-order valence-electron chi connectivity index (χ4n) is 4.32. The first-order valence-corrected chi connectivity index (χ1v) is 10.2. The standard InChI is InChI=1S/C22H29N3O2/c1-17-20(23-21(27-17)19-10-6-3-7-11-19)22(26)25-14-12-24(13-15-25)16-18-8-4-2-5-9-18/h3,6-7,10-11,18H,2,4-5,8-9,12-16H2,1H3. The predicted octanol–water partition coefficient (Wildman–Crippen LogP) is 3.99. The van der Waals surface area contributed by atoms with Gasteiger partial charge in [-0.1, -0.05) is 37.5 Å². The largest absolute Gasteiger partial charge is 0.441 e. The number of oxazole rings is 1. The number of amides is 1. The summed E-state index contributed by atoms with van der Waals surface area (Å²) in [5.74, 6) is 1.97. The minimum Gasteiger partial charge on any atom is -0.441 e. The molecule has 1 aromatic carbocycles. The molecule has 1 aliphatic heterocycles. The summed E-state index contributed by atoms with van der Waals surface area (Å²) in [5, 5.41) is 0. The van der Waals surface area contributed by atoms with Crippen LogP contribution in [0.5, 0.6) is 0 Å². The van der Waals surface area contributed by atoms with E-state index in [-0.39, 0.29) is 5.91 Å². The number of aromatic nitrogens is 1. The average Bonchev–Trinajstić information content (AvgIpc) is 3.11. The van der Waals surface area contributed by atoms with Gasteiger partial charge in [0, 0.05) is 38.3 Å². The Morgan fingerprint density at radius 2 is 1.78 bits per heavy atom. The highest BCUT2D eigenvalue weighted by molar-refractivity contribution is 5.93. The quantitative estimate of drug-likeness (QED) is 0.820. The first kappa shape index (κ1) is 18.2. The smallest absolute Gasteiger partial charge is 0.276 e. The van der Waals surface area contributed by atoms with Gasteiger partial charge in [0.25, 0.3) is 5.91 Å². The molecule has 144 valence electrons. The Balaban J connectivity index is 1.36. The van der Waals surface area contributed by atoms with Gasteiger partial charge in [-0.15, -0.1) is 0 Å². The first-order chi connectivity index (χ1) is 13.2. The Bertz CT molecular complexity index is 757. The molecule has 0 bridgehead atoms. The van der Waals surface area contributed by atoms with Gasteiger partial charge in [0.2, 0.25) is 5.89 Å². The zero-order valence-electron chi connectivity index (χ0n) is 16.2. The Labute approximate surface area is 161 Å². The molecule has 0 atom stereocenters. The van der Waals surface area contributed by atoms with Crippen LogP contribution in [0.3, 0.4) is 0 Å². The van der Waals surface area contributed by atoms with Crippen LogP contribution in [0.1, 0.15) is 48.4 Å². The lowest BCUT2D eigenvalue weighted by Gasteiger charge is -2.37. The van der Waals surface area contributed by atoms with Crippen LogP contribution in [-0.2, 0) is 0 Å². The lowest BCUT2D eigenvalue weighted by Crippen LogP contribution is -2.50. The van der Waals surface area contributed by atoms with E-state index in [0.717, 1.165) is 37.7 Å². The van der Waals surface area contributed by atoms with Crippen molar-refractivity contribution in [3.8, 4) is 11.5 Å². The topological polar surface area (TPSA) is 49.6 Å². The van der Waals surface area contributed by atoms with Gasteiger partial charge < -0.3 is 9.32 Å². The average molecular weight is 367 g/mol. The second-order valence-electron chi connectivity index (χ2n) is 7.89. The first-order valence-electron chi connectivity index (χ1n) is 10.2. The van der Waals surface area contributed by atoms with Crippen LogP contribution >= 0.6 is 0 Å². The van der Waals surface area contributed by atoms with Gasteiger partial charge in [-0.05, 0) is 37.8 Å². The molecule has 1 aliphatic carbocycles. The number of rotatable bonds is 4. The van der Waals surface area contributed by atoms with Crippen molar-refractivity contribution in [3.63, 3.8) is 0 Å². The molecule has 2 aromatic rings. The number of piperazine rings is 1. The third kappa shape index (κ3) is 4.24. The summed E-state index contributed by atoms with van der Waals surface area (Å²) in [7, 11) is 0. The number of hydrogen-bond donors (Lipinski definition) is 0. The lowest BCUT2D eigenvalue weighted by atomic mass is 9.89. The van der Waals surface area contributed by atoms with E-state index in [0.29, 0.717) is 17.3 Å². The summed E-state index contributed by atoms with van der Waals surface area (Å²) in [5.41, 5.74) is 1.35. The Kier molecular flexibility index (Phi) is 5.58. The third-order valence-corrected chi connectivity index (χ3v) is 5.92. The van der Waals surface area contributed by atoms with Crippen LogP contribution in [0.25, 0.3) is 11.5 Å². The van der Waals surface area contributed by atoms with E-state index in [1.54, 1.807) is 0 Å². The third-order valence-electron chi connectivity index (χ3n) is 5.92. The molecule has 1 aromatic heterocycles. The molecule has 1 saturated heterocycles. The highest BCUT2D eigenvalue weighted by Gasteiger charge is 2.27. The molecular weight excluding hydrogens is 338 g/mol. The summed E-state index contributed by atoms with van der Waals surface area (Å²) < 4.78 is 5.77. The van der Waals surface area contributed by atoms with Crippen molar-refractivity contribution in [1.29, 1.82) is 0 Å². The van der Waals surface area contributed by atoms with Crippen LogP contribution in [0.15, 0.2) is 34.7 Å². The molecule has 4 rings (SSSR count). The highest BCUT2D eigenvalue weighted by atomic mass is 16.4. The number of carbonyl (C=O) groups is 1. The summed E-state index contributed by atoms with van der Waals surface area (Å²) in [6, 6.07) is 9.75. The molecular formula is C22H29N3O2. The molecule has 2 heterocycles. The molecule has 0 N–H and O–H groups in total. The molecule has 0 unspecified atom stereocenters. The maximum absolute atomic E-state index is 12.9. The normalized spacial score (nSPS) is 19.4. The molecule has 27 heavy (non-hydrogen) atoms. The molecule has 5 nitrogen and oxygen atoms in total. The zero-order chi connectivity index (χ0) is 18.6. The highest BCUT2D eigenvalue weighted by Crippen LogP contribution is 2.25. The van der Waals surface area contributed by atoms with Crippen molar-refractivity contribution in [2.75, 3.05) is 32.7 Å². The SMILES string of the molecule is Cc1oc(-c2ccccc2)nc1C(=O)N1CCN(CC2CCCCC2)CC1. The summed E-state index contributed by atoms with van der Waals surface area (Å²) in [6.45, 7) is 6.50. The van der Waals surface area contributed by atoms with Gasteiger partial charge in [-0.25, -0.2) is 4.98 Å². The molecule has 2 aliphatic rings. The van der Waals surface area contributed by atoms with Gasteiger partial charge in [-0.2, -0.15) is 0 Å². The molecule has 0 spiro atoms. The number of carbonyl (C=O) groups excluding carboxylic acids is 1. The van der Waals surface area contributed by atoms with Gasteiger partial charge in [-0.3, -0.25) is 9.69 Å². The monoisotopic (exact) mass is 367 g/mol. The predicted molar refractivity (Wildman–Crippen MR) is 106 cm³/mol. The van der Waals surface area contributed by atoms with Gasteiger partial charge in [0.1, 0.15) is 5.76 Å². The van der Waals surface area contributed by atoms with Crippen LogP contribution < -0.4 is 0 Å². The van der Waals surface area contributed by atoms with Gasteiger partial charge in [0.05, 0.1) is 0 Å². The Morgan fingerprint density at radius 1 is 1.07 bits per heavy atom. The van der Waals surface area contributed by atoms with E-state index < -0.39 is 0 Å². The van der Waals surface area contributed by atoms with Crippen molar-refractivity contribution >= 4 is 5.91 Å². The molecule has 1 amide bonds. The minimum absolute atomic E-state index is 0.00394. The number of benzene rings is 1. The second-order valence-corrected chi connectivity index (χ2v) is 7.89. The zero-order valence-corrected chi connectivity index (χ0v) is 16.2. The summed E-state index contributed by atoms with van der Waals surface area (Å²) in [4.78, 5) is 21.9. The number of nitrogens with zero attached hydrogens (tertiary/aromatic N) is 3. The molecule has 0 radical (unpaired) electrons. The fourth-order valence-corrected chi connectivity index (χ4v) is 4.32. The van der Waals surface area contributed by atoms with Gasteiger partial charge >= 0.3 is 0 Å². The van der Waals surface area contributed by atoms with Crippen molar-refractivity contribution in [1.82, 2.24) is 14.8 Å². The van der Waals surface area contributed by atoms with E-state index >= 15 is 0 Å². The lowest BCUT2D eigenvalue weighted by molar-refractivity contribution is 0.0599. The second kappa shape index (κ2) is 8.26. The number of aryl methyl sites for hydroxylation is 1. The van der Waals surface area contributed by atoms with E-state index in [4.69, 9.17) is 4.42 Å². The van der Waals surface area contributed by atoms with Crippen LogP contribution in [0, 0.1) is 12.8 Å². The summed E-state index contributed by atoms with van der Waals surface area (Å²) in [6.07, 6.45) is 6.93. The molecule has 1 saturated carbocycles. The summed E-state index contributed by atoms with van der Waals surface area (Å²) >= 11 is 0. The van der Waals surface area contributed by atoms with Crippen molar-refractivity contribution in [2.45, 2.75) is 39.0 Å². The Hall–Kier alpha value is -2.14. The molecule has 2 fully saturated rings. The van der Waals surface area contributed by atoms with Crippen LogP contribution in [-0.4, -0.2) is 53.4 Å². The van der Waals surface area contributed by atoms with E-state index in [1.807, 2.05) is 42.2 Å². The van der Waals surface area contributed by atoms with Crippen molar-refractivity contribution in [2.24, 2.45) is 5.92 Å². The van der Waals surface area contributed by atoms with Crippen LogP contribution in [0.2, 0.25) is 0 Å². The maximum Gasteiger partial charge on any atom is 0.276 e. The van der Waals surface area contributed by atoms with E-state index in [2.05, 4.69) is 9.88 Å². The Morgan fingerprint density at radius 3 is 2.48 bits per heavy atom. The van der Waals surface area contributed by atoms with E-state index in [9.17, 15) is 4.79 Å². The van der Waals surface area contributed by atoms with Crippen LogP contribution in [0.4, 0.5) is 0 Å². The fraction of sp³-hybridized carbons (Fsp3) is 0.545. The minimum atomic E-state index is -0.00394.